The molecule has 3 rings (SSSR count). The van der Waals surface area contributed by atoms with E-state index in [9.17, 15) is 0 Å². The fraction of sp³-hybridized carbons (Fsp3) is 0.300. The average molecular weight is 420 g/mol. The lowest BCUT2D eigenvalue weighted by Gasteiger charge is -2.14. The molecule has 0 unspecified atom stereocenters. The van der Waals surface area contributed by atoms with Crippen molar-refractivity contribution in [3.05, 3.63) is 64.4 Å². The van der Waals surface area contributed by atoms with Crippen LogP contribution in [0.4, 0.5) is 5.13 Å². The van der Waals surface area contributed by atoms with Crippen molar-refractivity contribution in [1.29, 1.82) is 0 Å². The normalized spacial score (nSPS) is 10.7. The van der Waals surface area contributed by atoms with Crippen LogP contribution in [0.5, 0.6) is 11.5 Å². The van der Waals surface area contributed by atoms with Gasteiger partial charge in [0.1, 0.15) is 23.9 Å². The first-order chi connectivity index (χ1) is 13.7. The lowest BCUT2D eigenvalue weighted by Crippen LogP contribution is -2.05. The molecule has 3 aromatic rings. The number of benzene rings is 2. The molecule has 0 aliphatic rings. The summed E-state index contributed by atoms with van der Waals surface area (Å²) < 4.78 is 20.6. The second kappa shape index (κ2) is 10.3. The van der Waals surface area contributed by atoms with Crippen LogP contribution in [-0.2, 0) is 24.3 Å². The standard InChI is InChI=1S/C20H22ClN3O3S/c1-25-10-9-19-23-20(28-24-19)22-12-16-17(21)7-4-8-18(16)27-13-14-5-3-6-15(11-14)26-2/h3-8,11H,9-10,12-13H2,1-2H3,(H,22,23,24). The van der Waals surface area contributed by atoms with E-state index in [4.69, 9.17) is 25.8 Å². The maximum Gasteiger partial charge on any atom is 0.202 e. The van der Waals surface area contributed by atoms with Crippen LogP contribution in [0.15, 0.2) is 42.5 Å². The highest BCUT2D eigenvalue weighted by molar-refractivity contribution is 7.09. The zero-order valence-electron chi connectivity index (χ0n) is 15.8. The molecule has 0 bridgehead atoms. The van der Waals surface area contributed by atoms with Gasteiger partial charge in [-0.1, -0.05) is 29.8 Å². The minimum Gasteiger partial charge on any atom is -0.497 e. The third-order valence-corrected chi connectivity index (χ3v) is 5.08. The van der Waals surface area contributed by atoms with E-state index in [1.54, 1.807) is 14.2 Å². The number of methoxy groups -OCH3 is 2. The van der Waals surface area contributed by atoms with E-state index in [1.807, 2.05) is 42.5 Å². The van der Waals surface area contributed by atoms with Gasteiger partial charge in [0, 0.05) is 42.2 Å². The summed E-state index contributed by atoms with van der Waals surface area (Å²) in [6.45, 7) is 1.51. The topological polar surface area (TPSA) is 65.5 Å². The first-order valence-corrected chi connectivity index (χ1v) is 9.93. The van der Waals surface area contributed by atoms with Crippen LogP contribution in [0.1, 0.15) is 17.0 Å². The average Bonchev–Trinajstić information content (AvgIpc) is 3.18. The smallest absolute Gasteiger partial charge is 0.202 e. The molecule has 0 radical (unpaired) electrons. The van der Waals surface area contributed by atoms with Crippen LogP contribution < -0.4 is 14.8 Å². The number of aromatic nitrogens is 2. The van der Waals surface area contributed by atoms with Crippen LogP contribution in [0, 0.1) is 0 Å². The van der Waals surface area contributed by atoms with Crippen molar-refractivity contribution in [2.24, 2.45) is 0 Å². The second-order valence-corrected chi connectivity index (χ2v) is 7.13. The summed E-state index contributed by atoms with van der Waals surface area (Å²) in [6, 6.07) is 13.4. The molecular formula is C20H22ClN3O3S. The highest BCUT2D eigenvalue weighted by Gasteiger charge is 2.11. The van der Waals surface area contributed by atoms with Gasteiger partial charge in [0.2, 0.25) is 5.13 Å². The lowest BCUT2D eigenvalue weighted by atomic mass is 10.2. The third kappa shape index (κ3) is 5.58. The molecule has 0 amide bonds. The molecular weight excluding hydrogens is 398 g/mol. The summed E-state index contributed by atoms with van der Waals surface area (Å²) in [5.41, 5.74) is 1.89. The predicted molar refractivity (Wildman–Crippen MR) is 112 cm³/mol. The van der Waals surface area contributed by atoms with Gasteiger partial charge in [0.05, 0.1) is 13.7 Å². The van der Waals surface area contributed by atoms with E-state index < -0.39 is 0 Å². The van der Waals surface area contributed by atoms with Gasteiger partial charge in [0.25, 0.3) is 0 Å². The minimum atomic E-state index is 0.421. The zero-order chi connectivity index (χ0) is 19.8. The summed E-state index contributed by atoms with van der Waals surface area (Å²) in [6.07, 6.45) is 0.690. The Morgan fingerprint density at radius 3 is 2.82 bits per heavy atom. The maximum atomic E-state index is 6.41. The van der Waals surface area contributed by atoms with Crippen molar-refractivity contribution >= 4 is 28.3 Å². The van der Waals surface area contributed by atoms with Gasteiger partial charge in [-0.3, -0.25) is 0 Å². The first-order valence-electron chi connectivity index (χ1n) is 8.78. The molecule has 0 fully saturated rings. The summed E-state index contributed by atoms with van der Waals surface area (Å²) in [5, 5.41) is 4.65. The fourth-order valence-electron chi connectivity index (χ4n) is 2.55. The molecule has 0 aliphatic heterocycles. The van der Waals surface area contributed by atoms with Gasteiger partial charge in [-0.2, -0.15) is 4.37 Å². The predicted octanol–water partition coefficient (Wildman–Crippen LogP) is 4.58. The molecule has 8 heteroatoms. The molecule has 0 saturated heterocycles. The summed E-state index contributed by atoms with van der Waals surface area (Å²) >= 11 is 7.73. The van der Waals surface area contributed by atoms with Crippen LogP contribution >= 0.6 is 23.1 Å². The highest BCUT2D eigenvalue weighted by Crippen LogP contribution is 2.28. The Morgan fingerprint density at radius 2 is 2.00 bits per heavy atom. The molecule has 148 valence electrons. The SMILES string of the molecule is COCCc1nsc(NCc2c(Cl)cccc2OCc2cccc(OC)c2)n1. The number of hydrogen-bond acceptors (Lipinski definition) is 7. The van der Waals surface area contributed by atoms with Gasteiger partial charge >= 0.3 is 0 Å². The van der Waals surface area contributed by atoms with Crippen LogP contribution in [0.2, 0.25) is 5.02 Å². The number of anilines is 1. The molecule has 6 nitrogen and oxygen atoms in total. The Hall–Kier alpha value is -2.35. The van der Waals surface area contributed by atoms with E-state index in [0.29, 0.717) is 31.2 Å². The largest absolute Gasteiger partial charge is 0.497 e. The van der Waals surface area contributed by atoms with Gasteiger partial charge < -0.3 is 19.5 Å². The van der Waals surface area contributed by atoms with E-state index in [2.05, 4.69) is 14.7 Å². The molecule has 2 aromatic carbocycles. The Kier molecular flexibility index (Phi) is 7.47. The Bertz CT molecular complexity index is 904. The van der Waals surface area contributed by atoms with Crippen molar-refractivity contribution in [3.63, 3.8) is 0 Å². The Morgan fingerprint density at radius 1 is 1.14 bits per heavy atom. The molecule has 0 aliphatic carbocycles. The number of halogens is 1. The molecule has 1 aromatic heterocycles. The van der Waals surface area contributed by atoms with Gasteiger partial charge in [-0.15, -0.1) is 0 Å². The number of rotatable bonds is 10. The van der Waals surface area contributed by atoms with Crippen molar-refractivity contribution in [3.8, 4) is 11.5 Å². The highest BCUT2D eigenvalue weighted by atomic mass is 35.5. The molecule has 1 N–H and O–H groups in total. The quantitative estimate of drug-likeness (QED) is 0.519. The van der Waals surface area contributed by atoms with Crippen molar-refractivity contribution in [1.82, 2.24) is 9.36 Å². The summed E-state index contributed by atoms with van der Waals surface area (Å²) in [4.78, 5) is 4.45. The molecule has 0 saturated carbocycles. The number of nitrogens with one attached hydrogen (secondary N) is 1. The number of ether oxygens (including phenoxy) is 3. The molecule has 0 spiro atoms. The molecule has 0 atom stereocenters. The van der Waals surface area contributed by atoms with Crippen molar-refractivity contribution in [2.45, 2.75) is 19.6 Å². The second-order valence-electron chi connectivity index (χ2n) is 5.97. The Balaban J connectivity index is 1.65. The van der Waals surface area contributed by atoms with Crippen molar-refractivity contribution in [2.75, 3.05) is 26.1 Å². The minimum absolute atomic E-state index is 0.421. The monoisotopic (exact) mass is 419 g/mol. The van der Waals surface area contributed by atoms with Crippen LogP contribution in [0.3, 0.4) is 0 Å². The Labute approximate surface area is 173 Å². The number of hydrogen-bond donors (Lipinski definition) is 1. The fourth-order valence-corrected chi connectivity index (χ4v) is 3.39. The summed E-state index contributed by atoms with van der Waals surface area (Å²) in [7, 11) is 3.31. The lowest BCUT2D eigenvalue weighted by molar-refractivity contribution is 0.201. The van der Waals surface area contributed by atoms with E-state index >= 15 is 0 Å². The first kappa shape index (κ1) is 20.4. The van der Waals surface area contributed by atoms with Gasteiger partial charge in [-0.25, -0.2) is 4.98 Å². The van der Waals surface area contributed by atoms with E-state index in [0.717, 1.165) is 33.6 Å². The third-order valence-electron chi connectivity index (χ3n) is 4.02. The van der Waals surface area contributed by atoms with Crippen LogP contribution in [0.25, 0.3) is 0 Å². The maximum absolute atomic E-state index is 6.41. The van der Waals surface area contributed by atoms with E-state index in [-0.39, 0.29) is 0 Å². The van der Waals surface area contributed by atoms with E-state index in [1.165, 1.54) is 11.5 Å². The van der Waals surface area contributed by atoms with Crippen LogP contribution in [-0.4, -0.2) is 30.2 Å². The zero-order valence-corrected chi connectivity index (χ0v) is 17.3. The van der Waals surface area contributed by atoms with Gasteiger partial charge in [-0.05, 0) is 29.8 Å². The summed E-state index contributed by atoms with van der Waals surface area (Å²) in [5.74, 6) is 2.30. The molecule has 28 heavy (non-hydrogen) atoms. The van der Waals surface area contributed by atoms with Gasteiger partial charge in [0.15, 0.2) is 0 Å². The molecule has 1 heterocycles. The van der Waals surface area contributed by atoms with Crippen molar-refractivity contribution < 1.29 is 14.2 Å². The number of nitrogens with zero attached hydrogens (tertiary/aromatic N) is 2.